The summed E-state index contributed by atoms with van der Waals surface area (Å²) in [5.41, 5.74) is 1.44. The van der Waals surface area contributed by atoms with Crippen LogP contribution in [0.5, 0.6) is 0 Å². The summed E-state index contributed by atoms with van der Waals surface area (Å²) in [6.07, 6.45) is 6.49. The van der Waals surface area contributed by atoms with E-state index in [-0.39, 0.29) is 12.1 Å². The molecule has 2 aromatic heterocycles. The Morgan fingerprint density at radius 3 is 2.81 bits per heavy atom. The summed E-state index contributed by atoms with van der Waals surface area (Å²) >= 11 is 1.85. The molecule has 1 saturated carbocycles. The van der Waals surface area contributed by atoms with Crippen LogP contribution in [0.1, 0.15) is 54.8 Å². The Hall–Kier alpha value is -1.73. The number of fused-ring (bicyclic) bond motifs is 3. The molecule has 0 aromatic carbocycles. The Labute approximate surface area is 162 Å². The minimum absolute atomic E-state index is 0.0493. The van der Waals surface area contributed by atoms with Crippen LogP contribution in [0.15, 0.2) is 0 Å². The van der Waals surface area contributed by atoms with Crippen LogP contribution in [-0.4, -0.2) is 48.3 Å². The number of carbonyl (C=O) groups is 1. The molecule has 1 unspecified atom stereocenters. The number of morpholine rings is 1. The number of carbonyl (C=O) groups excluding carboxylic acids is 1. The minimum Gasteiger partial charge on any atom is -0.467 e. The first-order chi connectivity index (χ1) is 13.1. The highest BCUT2D eigenvalue weighted by atomic mass is 32.1. The standard InChI is InChI=1S/C20H25N3O3S/c1-11-9-23(10-14(26-11)20(24)25-2)18-16-13-5-3-4-6-15(13)27-19(16)22-17(21-18)12-7-8-12/h11-12,14H,3-10H2,1-2H3/t11-,14?/m1/s1. The number of hydrogen-bond donors (Lipinski definition) is 0. The lowest BCUT2D eigenvalue weighted by molar-refractivity contribution is -0.158. The molecule has 1 saturated heterocycles. The normalized spacial score (nSPS) is 25.5. The van der Waals surface area contributed by atoms with Crippen LogP contribution in [-0.2, 0) is 27.1 Å². The van der Waals surface area contributed by atoms with Crippen LogP contribution >= 0.6 is 11.3 Å². The van der Waals surface area contributed by atoms with Gasteiger partial charge >= 0.3 is 5.97 Å². The number of esters is 1. The maximum Gasteiger partial charge on any atom is 0.336 e. The number of nitrogens with zero attached hydrogens (tertiary/aromatic N) is 3. The summed E-state index contributed by atoms with van der Waals surface area (Å²) in [5.74, 6) is 2.17. The molecule has 144 valence electrons. The highest BCUT2D eigenvalue weighted by molar-refractivity contribution is 7.19. The molecule has 2 fully saturated rings. The molecule has 2 aromatic rings. The Morgan fingerprint density at radius 1 is 1.22 bits per heavy atom. The minimum atomic E-state index is -0.567. The summed E-state index contributed by atoms with van der Waals surface area (Å²) in [7, 11) is 1.42. The summed E-state index contributed by atoms with van der Waals surface area (Å²) in [6.45, 7) is 3.22. The number of ether oxygens (including phenoxy) is 2. The molecule has 7 heteroatoms. The van der Waals surface area contributed by atoms with Crippen molar-refractivity contribution in [3.63, 3.8) is 0 Å². The van der Waals surface area contributed by atoms with Crippen molar-refractivity contribution in [2.45, 2.75) is 63.6 Å². The third-order valence-electron chi connectivity index (χ3n) is 5.78. The van der Waals surface area contributed by atoms with Gasteiger partial charge in [0.25, 0.3) is 0 Å². The zero-order valence-corrected chi connectivity index (χ0v) is 16.7. The highest BCUT2D eigenvalue weighted by Gasteiger charge is 2.35. The van der Waals surface area contributed by atoms with Crippen LogP contribution < -0.4 is 4.90 Å². The van der Waals surface area contributed by atoms with Gasteiger partial charge in [-0.2, -0.15) is 0 Å². The van der Waals surface area contributed by atoms with E-state index < -0.39 is 6.10 Å². The average Bonchev–Trinajstić information content (AvgIpc) is 3.46. The van der Waals surface area contributed by atoms with E-state index in [1.807, 2.05) is 18.3 Å². The van der Waals surface area contributed by atoms with Gasteiger partial charge in [-0.15, -0.1) is 11.3 Å². The van der Waals surface area contributed by atoms with E-state index >= 15 is 0 Å². The highest BCUT2D eigenvalue weighted by Crippen LogP contribution is 2.44. The van der Waals surface area contributed by atoms with Crippen molar-refractivity contribution in [1.29, 1.82) is 0 Å². The first-order valence-electron chi connectivity index (χ1n) is 9.94. The lowest BCUT2D eigenvalue weighted by atomic mass is 9.96. The number of aromatic nitrogens is 2. The summed E-state index contributed by atoms with van der Waals surface area (Å²) in [6, 6.07) is 0. The van der Waals surface area contributed by atoms with Crippen molar-refractivity contribution < 1.29 is 14.3 Å². The zero-order valence-electron chi connectivity index (χ0n) is 15.9. The van der Waals surface area contributed by atoms with Crippen LogP contribution in [0, 0.1) is 0 Å². The fraction of sp³-hybridized carbons (Fsp3) is 0.650. The van der Waals surface area contributed by atoms with Crippen molar-refractivity contribution in [3.8, 4) is 0 Å². The van der Waals surface area contributed by atoms with E-state index in [2.05, 4.69) is 4.90 Å². The van der Waals surface area contributed by atoms with Gasteiger partial charge in [-0.05, 0) is 51.0 Å². The van der Waals surface area contributed by atoms with Gasteiger partial charge in [0.05, 0.1) is 25.1 Å². The largest absolute Gasteiger partial charge is 0.467 e. The van der Waals surface area contributed by atoms with E-state index in [0.29, 0.717) is 12.5 Å². The lowest BCUT2D eigenvalue weighted by Gasteiger charge is -2.36. The second-order valence-corrected chi connectivity index (χ2v) is 9.02. The Bertz CT molecular complexity index is 892. The van der Waals surface area contributed by atoms with E-state index in [1.54, 1.807) is 0 Å². The first kappa shape index (κ1) is 17.4. The van der Waals surface area contributed by atoms with Crippen molar-refractivity contribution in [3.05, 3.63) is 16.3 Å². The molecule has 5 rings (SSSR count). The fourth-order valence-electron chi connectivity index (χ4n) is 4.29. The smallest absolute Gasteiger partial charge is 0.336 e. The Balaban J connectivity index is 1.62. The molecule has 6 nitrogen and oxygen atoms in total. The molecular formula is C20H25N3O3S. The molecule has 3 aliphatic rings. The number of thiophene rings is 1. The number of aryl methyl sites for hydroxylation is 2. The molecule has 2 atom stereocenters. The zero-order chi connectivity index (χ0) is 18.5. The summed E-state index contributed by atoms with van der Waals surface area (Å²) in [5, 5.41) is 1.22. The third kappa shape index (κ3) is 3.10. The van der Waals surface area contributed by atoms with E-state index in [4.69, 9.17) is 19.4 Å². The third-order valence-corrected chi connectivity index (χ3v) is 6.96. The molecule has 0 bridgehead atoms. The van der Waals surface area contributed by atoms with Crippen molar-refractivity contribution in [1.82, 2.24) is 9.97 Å². The Kier molecular flexibility index (Phi) is 4.31. The molecule has 2 aliphatic carbocycles. The molecule has 3 heterocycles. The predicted octanol–water partition coefficient (Wildman–Crippen LogP) is 3.21. The van der Waals surface area contributed by atoms with Crippen LogP contribution in [0.2, 0.25) is 0 Å². The van der Waals surface area contributed by atoms with Gasteiger partial charge in [-0.25, -0.2) is 14.8 Å². The predicted molar refractivity (Wildman–Crippen MR) is 105 cm³/mol. The van der Waals surface area contributed by atoms with Gasteiger partial charge in [0, 0.05) is 17.3 Å². The Morgan fingerprint density at radius 2 is 2.04 bits per heavy atom. The maximum atomic E-state index is 12.1. The van der Waals surface area contributed by atoms with Gasteiger partial charge in [0.15, 0.2) is 6.10 Å². The molecular weight excluding hydrogens is 362 g/mol. The molecule has 1 aliphatic heterocycles. The first-order valence-corrected chi connectivity index (χ1v) is 10.8. The van der Waals surface area contributed by atoms with Crippen molar-refractivity contribution >= 4 is 33.3 Å². The van der Waals surface area contributed by atoms with Gasteiger partial charge in [-0.1, -0.05) is 0 Å². The van der Waals surface area contributed by atoms with Gasteiger partial charge in [0.1, 0.15) is 16.5 Å². The lowest BCUT2D eigenvalue weighted by Crippen LogP contribution is -2.50. The molecule has 27 heavy (non-hydrogen) atoms. The number of anilines is 1. The monoisotopic (exact) mass is 387 g/mol. The average molecular weight is 388 g/mol. The molecule has 0 N–H and O–H groups in total. The maximum absolute atomic E-state index is 12.1. The van der Waals surface area contributed by atoms with Gasteiger partial charge < -0.3 is 14.4 Å². The second kappa shape index (κ2) is 6.71. The fourth-order valence-corrected chi connectivity index (χ4v) is 5.56. The number of rotatable bonds is 3. The van der Waals surface area contributed by atoms with Crippen molar-refractivity contribution in [2.75, 3.05) is 25.1 Å². The summed E-state index contributed by atoms with van der Waals surface area (Å²) < 4.78 is 10.8. The van der Waals surface area contributed by atoms with Gasteiger partial charge in [-0.3, -0.25) is 0 Å². The molecule has 0 spiro atoms. The van der Waals surface area contributed by atoms with E-state index in [1.165, 1.54) is 48.6 Å². The SMILES string of the molecule is COC(=O)C1CN(c2nc(C3CC3)nc3sc4c(c23)CCCC4)C[C@@H](C)O1. The van der Waals surface area contributed by atoms with E-state index in [0.717, 1.165) is 35.9 Å². The quantitative estimate of drug-likeness (QED) is 0.754. The van der Waals surface area contributed by atoms with Crippen LogP contribution in [0.3, 0.4) is 0 Å². The number of methoxy groups -OCH3 is 1. The van der Waals surface area contributed by atoms with Crippen LogP contribution in [0.4, 0.5) is 5.82 Å². The molecule has 0 radical (unpaired) electrons. The molecule has 0 amide bonds. The van der Waals surface area contributed by atoms with Gasteiger partial charge in [0.2, 0.25) is 0 Å². The topological polar surface area (TPSA) is 64.5 Å². The van der Waals surface area contributed by atoms with Crippen LogP contribution in [0.25, 0.3) is 10.2 Å². The second-order valence-electron chi connectivity index (χ2n) is 7.93. The van der Waals surface area contributed by atoms with E-state index in [9.17, 15) is 4.79 Å². The van der Waals surface area contributed by atoms with Crippen molar-refractivity contribution in [2.24, 2.45) is 0 Å². The summed E-state index contributed by atoms with van der Waals surface area (Å²) in [4.78, 5) is 26.9. The number of hydrogen-bond acceptors (Lipinski definition) is 7.